The molecule has 26 heavy (non-hydrogen) atoms. The molecule has 1 amide bonds. The Kier molecular flexibility index (Phi) is 6.71. The molecule has 0 aliphatic heterocycles. The normalized spacial score (nSPS) is 11.0. The fourth-order valence-corrected chi connectivity index (χ4v) is 2.75. The Hall–Kier alpha value is -2.44. The lowest BCUT2D eigenvalue weighted by Gasteiger charge is -2.17. The van der Waals surface area contributed by atoms with Crippen molar-refractivity contribution in [2.24, 2.45) is 0 Å². The summed E-state index contributed by atoms with van der Waals surface area (Å²) >= 11 is 5.99. The van der Waals surface area contributed by atoms with E-state index in [1.54, 1.807) is 0 Å². The number of nitrogens with one attached hydrogen (secondary N) is 1. The van der Waals surface area contributed by atoms with Crippen LogP contribution in [0.5, 0.6) is 0 Å². The van der Waals surface area contributed by atoms with Crippen molar-refractivity contribution in [3.05, 3.63) is 68.7 Å². The minimum Gasteiger partial charge on any atom is -0.324 e. The zero-order valence-electron chi connectivity index (χ0n) is 15.0. The van der Waals surface area contributed by atoms with Crippen LogP contribution < -0.4 is 5.32 Å². The van der Waals surface area contributed by atoms with Gasteiger partial charge in [-0.15, -0.1) is 0 Å². The number of nitro groups is 1. The molecule has 0 bridgehead atoms. The van der Waals surface area contributed by atoms with E-state index in [9.17, 15) is 14.9 Å². The van der Waals surface area contributed by atoms with Gasteiger partial charge in [-0.05, 0) is 30.2 Å². The molecule has 7 heteroatoms. The molecule has 1 N–H and O–H groups in total. The molecular weight excluding hydrogens is 354 g/mol. The molecule has 0 radical (unpaired) electrons. The maximum atomic E-state index is 12.2. The molecule has 0 aliphatic rings. The predicted molar refractivity (Wildman–Crippen MR) is 104 cm³/mol. The summed E-state index contributed by atoms with van der Waals surface area (Å²) in [6.07, 6.45) is 0. The summed E-state index contributed by atoms with van der Waals surface area (Å²) in [6.45, 7) is 5.11. The van der Waals surface area contributed by atoms with Crippen LogP contribution in [0.2, 0.25) is 5.02 Å². The molecule has 6 nitrogen and oxygen atoms in total. The van der Waals surface area contributed by atoms with E-state index in [4.69, 9.17) is 11.6 Å². The van der Waals surface area contributed by atoms with Gasteiger partial charge in [0, 0.05) is 18.7 Å². The van der Waals surface area contributed by atoms with Gasteiger partial charge in [0.05, 0.1) is 22.2 Å². The summed E-state index contributed by atoms with van der Waals surface area (Å²) in [5.74, 6) is 0.251. The van der Waals surface area contributed by atoms with Gasteiger partial charge < -0.3 is 5.32 Å². The molecule has 0 atom stereocenters. The standard InChI is InChI=1S/C19H22ClN3O3/c1-13(2)15-6-4-14(5-7-15)11-22(3)12-19(24)21-18-9-8-16(23(25)26)10-17(18)20/h4-10,13H,11-12H2,1-3H3,(H,21,24). The first-order chi connectivity index (χ1) is 12.3. The minimum atomic E-state index is -0.532. The second kappa shape index (κ2) is 8.78. The molecule has 2 aromatic rings. The van der Waals surface area contributed by atoms with Crippen LogP contribution >= 0.6 is 11.6 Å². The highest BCUT2D eigenvalue weighted by atomic mass is 35.5. The van der Waals surface area contributed by atoms with Crippen molar-refractivity contribution in [3.63, 3.8) is 0 Å². The van der Waals surface area contributed by atoms with E-state index in [-0.39, 0.29) is 23.2 Å². The van der Waals surface area contributed by atoms with E-state index in [1.165, 1.54) is 23.8 Å². The molecule has 2 rings (SSSR count). The second-order valence-corrected chi connectivity index (χ2v) is 6.95. The van der Waals surface area contributed by atoms with Gasteiger partial charge in [0.15, 0.2) is 0 Å². The van der Waals surface area contributed by atoms with Crippen molar-refractivity contribution in [1.29, 1.82) is 0 Å². The number of hydrogen-bond donors (Lipinski definition) is 1. The third kappa shape index (κ3) is 5.54. The van der Waals surface area contributed by atoms with Gasteiger partial charge in [-0.1, -0.05) is 49.7 Å². The molecule has 0 aliphatic carbocycles. The third-order valence-corrected chi connectivity index (χ3v) is 4.26. The molecule has 0 spiro atoms. The van der Waals surface area contributed by atoms with Crippen LogP contribution in [0.25, 0.3) is 0 Å². The van der Waals surface area contributed by atoms with E-state index < -0.39 is 4.92 Å². The summed E-state index contributed by atoms with van der Waals surface area (Å²) in [5.41, 5.74) is 2.65. The fraction of sp³-hybridized carbons (Fsp3) is 0.316. The van der Waals surface area contributed by atoms with Crippen LogP contribution in [0.3, 0.4) is 0 Å². The maximum Gasteiger partial charge on any atom is 0.271 e. The number of likely N-dealkylation sites (N-methyl/N-ethyl adjacent to an activating group) is 1. The number of benzene rings is 2. The number of hydrogen-bond acceptors (Lipinski definition) is 4. The lowest BCUT2D eigenvalue weighted by molar-refractivity contribution is -0.384. The van der Waals surface area contributed by atoms with Crippen LogP contribution in [-0.4, -0.2) is 29.3 Å². The zero-order valence-corrected chi connectivity index (χ0v) is 15.8. The number of rotatable bonds is 7. The summed E-state index contributed by atoms with van der Waals surface area (Å²) in [6, 6.07) is 12.3. The number of amides is 1. The van der Waals surface area contributed by atoms with Crippen LogP contribution in [0.15, 0.2) is 42.5 Å². The summed E-state index contributed by atoms with van der Waals surface area (Å²) < 4.78 is 0. The van der Waals surface area contributed by atoms with Crippen molar-refractivity contribution in [3.8, 4) is 0 Å². The van der Waals surface area contributed by atoms with Crippen molar-refractivity contribution >= 4 is 28.9 Å². The van der Waals surface area contributed by atoms with Crippen LogP contribution in [0.1, 0.15) is 30.9 Å². The van der Waals surface area contributed by atoms with E-state index >= 15 is 0 Å². The Labute approximate surface area is 157 Å². The fourth-order valence-electron chi connectivity index (χ4n) is 2.53. The molecule has 0 saturated heterocycles. The number of carbonyl (C=O) groups excluding carboxylic acids is 1. The van der Waals surface area contributed by atoms with Crippen LogP contribution in [0, 0.1) is 10.1 Å². The minimum absolute atomic E-state index is 0.116. The second-order valence-electron chi connectivity index (χ2n) is 6.54. The van der Waals surface area contributed by atoms with Gasteiger partial charge in [-0.25, -0.2) is 0 Å². The van der Waals surface area contributed by atoms with Gasteiger partial charge in [-0.2, -0.15) is 0 Å². The molecule has 0 heterocycles. The number of anilines is 1. The largest absolute Gasteiger partial charge is 0.324 e. The topological polar surface area (TPSA) is 75.5 Å². The van der Waals surface area contributed by atoms with Gasteiger partial charge in [-0.3, -0.25) is 19.8 Å². The lowest BCUT2D eigenvalue weighted by Crippen LogP contribution is -2.29. The average Bonchev–Trinajstić information content (AvgIpc) is 2.56. The molecule has 0 fully saturated rings. The van der Waals surface area contributed by atoms with E-state index in [0.717, 1.165) is 5.56 Å². The Morgan fingerprint density at radius 2 is 1.88 bits per heavy atom. The highest BCUT2D eigenvalue weighted by Gasteiger charge is 2.13. The quantitative estimate of drug-likeness (QED) is 0.573. The van der Waals surface area contributed by atoms with Crippen molar-refractivity contribution in [2.75, 3.05) is 18.9 Å². The molecular formula is C19H22ClN3O3. The summed E-state index contributed by atoms with van der Waals surface area (Å²) in [7, 11) is 1.85. The maximum absolute atomic E-state index is 12.2. The predicted octanol–water partition coefficient (Wildman–Crippen LogP) is 4.44. The first-order valence-corrected chi connectivity index (χ1v) is 8.65. The zero-order chi connectivity index (χ0) is 19.3. The summed E-state index contributed by atoms with van der Waals surface area (Å²) in [4.78, 5) is 24.3. The van der Waals surface area contributed by atoms with Crippen LogP contribution in [0.4, 0.5) is 11.4 Å². The van der Waals surface area contributed by atoms with Gasteiger partial charge in [0.25, 0.3) is 5.69 Å². The SMILES string of the molecule is CC(C)c1ccc(CN(C)CC(=O)Nc2ccc([N+](=O)[O-])cc2Cl)cc1. The van der Waals surface area contributed by atoms with Gasteiger partial charge in [0.1, 0.15) is 0 Å². The van der Waals surface area contributed by atoms with E-state index in [2.05, 4.69) is 43.4 Å². The Morgan fingerprint density at radius 3 is 2.42 bits per heavy atom. The number of nitrogens with zero attached hydrogens (tertiary/aromatic N) is 2. The number of halogens is 1. The number of carbonyl (C=O) groups is 1. The van der Waals surface area contributed by atoms with Gasteiger partial charge in [0.2, 0.25) is 5.91 Å². The Balaban J connectivity index is 1.91. The molecule has 0 unspecified atom stereocenters. The average molecular weight is 376 g/mol. The molecule has 0 aromatic heterocycles. The van der Waals surface area contributed by atoms with Crippen molar-refractivity contribution in [1.82, 2.24) is 4.90 Å². The Morgan fingerprint density at radius 1 is 1.23 bits per heavy atom. The molecule has 0 saturated carbocycles. The smallest absolute Gasteiger partial charge is 0.271 e. The van der Waals surface area contributed by atoms with Crippen LogP contribution in [-0.2, 0) is 11.3 Å². The van der Waals surface area contributed by atoms with Gasteiger partial charge >= 0.3 is 0 Å². The highest BCUT2D eigenvalue weighted by Crippen LogP contribution is 2.26. The van der Waals surface area contributed by atoms with E-state index in [1.807, 2.05) is 11.9 Å². The molecule has 138 valence electrons. The molecule has 2 aromatic carbocycles. The Bertz CT molecular complexity index is 791. The summed E-state index contributed by atoms with van der Waals surface area (Å²) in [5, 5.41) is 13.5. The van der Waals surface area contributed by atoms with Crippen molar-refractivity contribution in [2.45, 2.75) is 26.3 Å². The van der Waals surface area contributed by atoms with E-state index in [0.29, 0.717) is 18.2 Å². The number of non-ortho nitro benzene ring substituents is 1. The monoisotopic (exact) mass is 375 g/mol. The first kappa shape index (κ1) is 19.9. The number of nitro benzene ring substituents is 1. The van der Waals surface area contributed by atoms with Crippen molar-refractivity contribution < 1.29 is 9.72 Å². The first-order valence-electron chi connectivity index (χ1n) is 8.27. The third-order valence-electron chi connectivity index (χ3n) is 3.95. The highest BCUT2D eigenvalue weighted by molar-refractivity contribution is 6.34. The lowest BCUT2D eigenvalue weighted by atomic mass is 10.0.